The summed E-state index contributed by atoms with van der Waals surface area (Å²) in [5.74, 6) is 1.21. The standard InChI is InChI=1S/C20H34N4O2/c1-6-22-19(25)17-10-8-16(9-11-17)14-24-20(21-5)23-13-12-18(15(3)4)26-7-2/h8-11,15,18H,6-7,12-14H2,1-5H3,(H,22,25)(H2,21,23,24). The average molecular weight is 363 g/mol. The molecule has 0 saturated carbocycles. The van der Waals surface area contributed by atoms with Gasteiger partial charge in [0.25, 0.3) is 5.91 Å². The molecule has 3 N–H and O–H groups in total. The topological polar surface area (TPSA) is 74.8 Å². The van der Waals surface area contributed by atoms with Crippen LogP contribution in [0.2, 0.25) is 0 Å². The summed E-state index contributed by atoms with van der Waals surface area (Å²) < 4.78 is 5.76. The first-order chi connectivity index (χ1) is 12.5. The van der Waals surface area contributed by atoms with Gasteiger partial charge in [0.15, 0.2) is 5.96 Å². The zero-order valence-electron chi connectivity index (χ0n) is 16.8. The van der Waals surface area contributed by atoms with Crippen LogP contribution in [0.1, 0.15) is 50.0 Å². The van der Waals surface area contributed by atoms with Gasteiger partial charge in [0.1, 0.15) is 0 Å². The van der Waals surface area contributed by atoms with Crippen LogP contribution >= 0.6 is 0 Å². The molecule has 6 heteroatoms. The van der Waals surface area contributed by atoms with Crippen LogP contribution in [0.4, 0.5) is 0 Å². The minimum atomic E-state index is -0.0431. The molecule has 0 spiro atoms. The van der Waals surface area contributed by atoms with Crippen LogP contribution in [-0.4, -0.2) is 44.7 Å². The van der Waals surface area contributed by atoms with Gasteiger partial charge in [-0.1, -0.05) is 26.0 Å². The maximum Gasteiger partial charge on any atom is 0.251 e. The third-order valence-electron chi connectivity index (χ3n) is 4.08. The van der Waals surface area contributed by atoms with Crippen molar-refractivity contribution in [1.82, 2.24) is 16.0 Å². The fourth-order valence-corrected chi connectivity index (χ4v) is 2.60. The van der Waals surface area contributed by atoms with E-state index in [0.717, 1.165) is 31.1 Å². The third-order valence-corrected chi connectivity index (χ3v) is 4.08. The van der Waals surface area contributed by atoms with Crippen molar-refractivity contribution in [1.29, 1.82) is 0 Å². The van der Waals surface area contributed by atoms with Gasteiger partial charge < -0.3 is 20.7 Å². The summed E-state index contributed by atoms with van der Waals surface area (Å²) in [5, 5.41) is 9.41. The SMILES string of the molecule is CCNC(=O)c1ccc(CNC(=NC)NCCC(OCC)C(C)C)cc1. The number of aliphatic imine (C=N–C) groups is 1. The molecular weight excluding hydrogens is 328 g/mol. The molecule has 1 aromatic carbocycles. The lowest BCUT2D eigenvalue weighted by molar-refractivity contribution is 0.0258. The van der Waals surface area contributed by atoms with Crippen LogP contribution < -0.4 is 16.0 Å². The first-order valence-electron chi connectivity index (χ1n) is 9.45. The molecule has 1 atom stereocenters. The Morgan fingerprint density at radius 3 is 2.35 bits per heavy atom. The molecule has 1 amide bonds. The highest BCUT2D eigenvalue weighted by Gasteiger charge is 2.13. The summed E-state index contributed by atoms with van der Waals surface area (Å²) in [7, 11) is 1.76. The number of guanidine groups is 1. The highest BCUT2D eigenvalue weighted by Crippen LogP contribution is 2.10. The molecule has 1 aromatic rings. The van der Waals surface area contributed by atoms with Gasteiger partial charge in [-0.2, -0.15) is 0 Å². The predicted octanol–water partition coefficient (Wildman–Crippen LogP) is 2.55. The Morgan fingerprint density at radius 2 is 1.81 bits per heavy atom. The van der Waals surface area contributed by atoms with E-state index in [1.54, 1.807) is 7.05 Å². The second-order valence-electron chi connectivity index (χ2n) is 6.44. The van der Waals surface area contributed by atoms with Crippen molar-refractivity contribution in [3.05, 3.63) is 35.4 Å². The molecule has 0 aliphatic carbocycles. The van der Waals surface area contributed by atoms with Gasteiger partial charge in [0.2, 0.25) is 0 Å². The molecule has 1 rings (SSSR count). The molecule has 6 nitrogen and oxygen atoms in total. The zero-order chi connectivity index (χ0) is 19.4. The third kappa shape index (κ3) is 7.87. The zero-order valence-corrected chi connectivity index (χ0v) is 16.8. The number of benzene rings is 1. The Balaban J connectivity index is 2.43. The normalized spacial score (nSPS) is 12.8. The Bertz CT molecular complexity index is 555. The largest absolute Gasteiger partial charge is 0.378 e. The number of rotatable bonds is 10. The Morgan fingerprint density at radius 1 is 1.12 bits per heavy atom. The Kier molecular flexibility index (Phi) is 10.4. The second kappa shape index (κ2) is 12.3. The molecule has 0 bridgehead atoms. The number of nitrogens with zero attached hydrogens (tertiary/aromatic N) is 1. The van der Waals surface area contributed by atoms with Gasteiger partial charge in [0, 0.05) is 38.9 Å². The van der Waals surface area contributed by atoms with Gasteiger partial charge in [-0.15, -0.1) is 0 Å². The number of hydrogen-bond donors (Lipinski definition) is 3. The lowest BCUT2D eigenvalue weighted by atomic mass is 10.0. The molecule has 26 heavy (non-hydrogen) atoms. The van der Waals surface area contributed by atoms with E-state index in [1.807, 2.05) is 38.1 Å². The van der Waals surface area contributed by atoms with Crippen LogP contribution in [0, 0.1) is 5.92 Å². The number of amides is 1. The van der Waals surface area contributed by atoms with Gasteiger partial charge in [0.05, 0.1) is 6.10 Å². The van der Waals surface area contributed by atoms with E-state index < -0.39 is 0 Å². The summed E-state index contributed by atoms with van der Waals surface area (Å²) in [6, 6.07) is 7.59. The smallest absolute Gasteiger partial charge is 0.251 e. The molecular formula is C20H34N4O2. The van der Waals surface area contributed by atoms with Crippen molar-refractivity contribution in [2.45, 2.75) is 46.8 Å². The van der Waals surface area contributed by atoms with Crippen LogP contribution in [0.25, 0.3) is 0 Å². The molecule has 0 aliphatic rings. The van der Waals surface area contributed by atoms with Gasteiger partial charge in [-0.25, -0.2) is 0 Å². The van der Waals surface area contributed by atoms with E-state index >= 15 is 0 Å². The summed E-state index contributed by atoms with van der Waals surface area (Å²) >= 11 is 0. The van der Waals surface area contributed by atoms with E-state index in [-0.39, 0.29) is 12.0 Å². The number of carbonyl (C=O) groups excluding carboxylic acids is 1. The van der Waals surface area contributed by atoms with Crippen molar-refractivity contribution < 1.29 is 9.53 Å². The quantitative estimate of drug-likeness (QED) is 0.442. The van der Waals surface area contributed by atoms with Crippen LogP contribution in [0.15, 0.2) is 29.3 Å². The lowest BCUT2D eigenvalue weighted by Crippen LogP contribution is -2.38. The van der Waals surface area contributed by atoms with Gasteiger partial charge >= 0.3 is 0 Å². The van der Waals surface area contributed by atoms with Gasteiger partial charge in [-0.3, -0.25) is 9.79 Å². The molecule has 0 radical (unpaired) electrons. The van der Waals surface area contributed by atoms with Crippen molar-refractivity contribution >= 4 is 11.9 Å². The van der Waals surface area contributed by atoms with Crippen molar-refractivity contribution in [3.63, 3.8) is 0 Å². The highest BCUT2D eigenvalue weighted by atomic mass is 16.5. The van der Waals surface area contributed by atoms with Crippen LogP contribution in [0.5, 0.6) is 0 Å². The average Bonchev–Trinajstić information content (AvgIpc) is 2.64. The first kappa shape index (κ1) is 22.0. The number of carbonyl (C=O) groups is 1. The molecule has 0 heterocycles. The van der Waals surface area contributed by atoms with E-state index in [2.05, 4.69) is 34.8 Å². The minimum absolute atomic E-state index is 0.0431. The molecule has 1 unspecified atom stereocenters. The number of nitrogens with one attached hydrogen (secondary N) is 3. The van der Waals surface area contributed by atoms with E-state index in [1.165, 1.54) is 0 Å². The lowest BCUT2D eigenvalue weighted by Gasteiger charge is -2.21. The summed E-state index contributed by atoms with van der Waals surface area (Å²) in [6.45, 7) is 11.1. The summed E-state index contributed by atoms with van der Waals surface area (Å²) in [6.07, 6.45) is 1.19. The Labute approximate surface area is 157 Å². The molecule has 0 saturated heterocycles. The fourth-order valence-electron chi connectivity index (χ4n) is 2.60. The van der Waals surface area contributed by atoms with E-state index in [4.69, 9.17) is 4.74 Å². The first-order valence-corrected chi connectivity index (χ1v) is 9.45. The Hall–Kier alpha value is -2.08. The monoisotopic (exact) mass is 362 g/mol. The number of ether oxygens (including phenoxy) is 1. The summed E-state index contributed by atoms with van der Waals surface area (Å²) in [4.78, 5) is 16.0. The van der Waals surface area contributed by atoms with Crippen LogP contribution in [-0.2, 0) is 11.3 Å². The maximum absolute atomic E-state index is 11.8. The van der Waals surface area contributed by atoms with E-state index in [9.17, 15) is 4.79 Å². The van der Waals surface area contributed by atoms with Crippen molar-refractivity contribution in [2.75, 3.05) is 26.7 Å². The molecule has 0 aromatic heterocycles. The maximum atomic E-state index is 11.8. The predicted molar refractivity (Wildman–Crippen MR) is 108 cm³/mol. The molecule has 0 aliphatic heterocycles. The number of hydrogen-bond acceptors (Lipinski definition) is 3. The van der Waals surface area contributed by atoms with E-state index in [0.29, 0.717) is 24.6 Å². The second-order valence-corrected chi connectivity index (χ2v) is 6.44. The van der Waals surface area contributed by atoms with Gasteiger partial charge in [-0.05, 0) is 43.9 Å². The summed E-state index contributed by atoms with van der Waals surface area (Å²) in [5.41, 5.74) is 1.77. The highest BCUT2D eigenvalue weighted by molar-refractivity contribution is 5.94. The molecule has 0 fully saturated rings. The minimum Gasteiger partial charge on any atom is -0.378 e. The fraction of sp³-hybridized carbons (Fsp3) is 0.600. The van der Waals surface area contributed by atoms with Crippen molar-refractivity contribution in [2.24, 2.45) is 10.9 Å². The van der Waals surface area contributed by atoms with Crippen molar-refractivity contribution in [3.8, 4) is 0 Å². The van der Waals surface area contributed by atoms with Crippen LogP contribution in [0.3, 0.4) is 0 Å². The molecule has 146 valence electrons.